The number of hydrogen-bond donors (Lipinski definition) is 0. The van der Waals surface area contributed by atoms with Crippen LogP contribution >= 0.6 is 0 Å². The molecule has 2 atom stereocenters. The van der Waals surface area contributed by atoms with E-state index < -0.39 is 0 Å². The molecule has 0 amide bonds. The minimum absolute atomic E-state index is 0.638. The highest BCUT2D eigenvalue weighted by atomic mass is 15.2. The minimum atomic E-state index is 0.638. The van der Waals surface area contributed by atoms with E-state index in [2.05, 4.69) is 56.1 Å². The molecule has 0 saturated carbocycles. The molecule has 82 valence electrons. The lowest BCUT2D eigenvalue weighted by molar-refractivity contribution is 0.200. The molecule has 0 aliphatic carbocycles. The van der Waals surface area contributed by atoms with Gasteiger partial charge in [0, 0.05) is 12.1 Å². The first-order valence-electron chi connectivity index (χ1n) is 5.97. The maximum absolute atomic E-state index is 2.56. The van der Waals surface area contributed by atoms with Gasteiger partial charge in [0.25, 0.3) is 0 Å². The van der Waals surface area contributed by atoms with Gasteiger partial charge >= 0.3 is 0 Å². The van der Waals surface area contributed by atoms with Crippen LogP contribution in [0.2, 0.25) is 0 Å². The SMILES string of the molecule is CC(C)[C@@H]1CCC(c2ccccc2)N1C. The summed E-state index contributed by atoms with van der Waals surface area (Å²) in [5.41, 5.74) is 1.48. The average molecular weight is 203 g/mol. The molecule has 1 aliphatic heterocycles. The van der Waals surface area contributed by atoms with Crippen LogP contribution in [0.4, 0.5) is 0 Å². The molecule has 1 aromatic carbocycles. The molecular weight excluding hydrogens is 182 g/mol. The molecule has 0 aromatic heterocycles. The van der Waals surface area contributed by atoms with Crippen LogP contribution < -0.4 is 0 Å². The van der Waals surface area contributed by atoms with Crippen molar-refractivity contribution in [1.82, 2.24) is 4.90 Å². The third-order valence-corrected chi connectivity index (χ3v) is 3.70. The fraction of sp³-hybridized carbons (Fsp3) is 0.571. The molecule has 1 unspecified atom stereocenters. The summed E-state index contributed by atoms with van der Waals surface area (Å²) in [6, 6.07) is 12.3. The molecule has 0 radical (unpaired) electrons. The Morgan fingerprint density at radius 1 is 1.13 bits per heavy atom. The predicted molar refractivity (Wildman–Crippen MR) is 64.8 cm³/mol. The van der Waals surface area contributed by atoms with Gasteiger partial charge in [0.1, 0.15) is 0 Å². The molecular formula is C14H21N. The Morgan fingerprint density at radius 2 is 1.80 bits per heavy atom. The Hall–Kier alpha value is -0.820. The van der Waals surface area contributed by atoms with Gasteiger partial charge in [-0.15, -0.1) is 0 Å². The second-order valence-electron chi connectivity index (χ2n) is 4.98. The molecule has 1 heterocycles. The van der Waals surface area contributed by atoms with Crippen molar-refractivity contribution in [3.05, 3.63) is 35.9 Å². The monoisotopic (exact) mass is 203 g/mol. The third kappa shape index (κ3) is 2.07. The van der Waals surface area contributed by atoms with Crippen molar-refractivity contribution >= 4 is 0 Å². The molecule has 2 rings (SSSR count). The lowest BCUT2D eigenvalue weighted by Gasteiger charge is -2.28. The van der Waals surface area contributed by atoms with E-state index in [1.807, 2.05) is 0 Å². The van der Waals surface area contributed by atoms with Crippen LogP contribution in [0.1, 0.15) is 38.3 Å². The van der Waals surface area contributed by atoms with Crippen molar-refractivity contribution < 1.29 is 0 Å². The zero-order valence-corrected chi connectivity index (χ0v) is 9.98. The number of hydrogen-bond acceptors (Lipinski definition) is 1. The Labute approximate surface area is 93.1 Å². The number of nitrogens with zero attached hydrogens (tertiary/aromatic N) is 1. The Kier molecular flexibility index (Phi) is 3.11. The lowest BCUT2D eigenvalue weighted by Crippen LogP contribution is -2.31. The molecule has 0 spiro atoms. The van der Waals surface area contributed by atoms with E-state index in [0.29, 0.717) is 6.04 Å². The first-order chi connectivity index (χ1) is 7.20. The maximum atomic E-state index is 2.56. The summed E-state index contributed by atoms with van der Waals surface area (Å²) in [5, 5.41) is 0. The van der Waals surface area contributed by atoms with Gasteiger partial charge in [-0.1, -0.05) is 44.2 Å². The summed E-state index contributed by atoms with van der Waals surface area (Å²) in [5.74, 6) is 0.767. The van der Waals surface area contributed by atoms with E-state index in [4.69, 9.17) is 0 Å². The fourth-order valence-corrected chi connectivity index (χ4v) is 2.85. The summed E-state index contributed by atoms with van der Waals surface area (Å²) in [6.45, 7) is 4.66. The van der Waals surface area contributed by atoms with Crippen molar-refractivity contribution in [3.8, 4) is 0 Å². The minimum Gasteiger partial charge on any atom is -0.296 e. The summed E-state index contributed by atoms with van der Waals surface area (Å²) in [4.78, 5) is 2.56. The first-order valence-corrected chi connectivity index (χ1v) is 5.97. The molecule has 1 fully saturated rings. The largest absolute Gasteiger partial charge is 0.296 e. The smallest absolute Gasteiger partial charge is 0.0348 e. The van der Waals surface area contributed by atoms with Crippen LogP contribution in [-0.2, 0) is 0 Å². The maximum Gasteiger partial charge on any atom is 0.0348 e. The second kappa shape index (κ2) is 4.36. The van der Waals surface area contributed by atoms with Crippen LogP contribution in [0.5, 0.6) is 0 Å². The van der Waals surface area contributed by atoms with E-state index in [1.54, 1.807) is 0 Å². The van der Waals surface area contributed by atoms with Crippen LogP contribution in [0, 0.1) is 5.92 Å². The van der Waals surface area contributed by atoms with E-state index in [1.165, 1.54) is 18.4 Å². The average Bonchev–Trinajstić information content (AvgIpc) is 2.61. The second-order valence-corrected chi connectivity index (χ2v) is 4.98. The van der Waals surface area contributed by atoms with Crippen LogP contribution in [-0.4, -0.2) is 18.0 Å². The van der Waals surface area contributed by atoms with E-state index in [9.17, 15) is 0 Å². The summed E-state index contributed by atoms with van der Waals surface area (Å²) >= 11 is 0. The molecule has 0 bridgehead atoms. The highest BCUT2D eigenvalue weighted by Gasteiger charge is 2.32. The van der Waals surface area contributed by atoms with Crippen LogP contribution in [0.25, 0.3) is 0 Å². The molecule has 0 N–H and O–H groups in total. The Balaban J connectivity index is 2.14. The van der Waals surface area contributed by atoms with Crippen molar-refractivity contribution in [2.75, 3.05) is 7.05 Å². The van der Waals surface area contributed by atoms with E-state index >= 15 is 0 Å². The van der Waals surface area contributed by atoms with Crippen LogP contribution in [0.3, 0.4) is 0 Å². The van der Waals surface area contributed by atoms with Crippen molar-refractivity contribution in [1.29, 1.82) is 0 Å². The van der Waals surface area contributed by atoms with Crippen molar-refractivity contribution in [2.24, 2.45) is 5.92 Å². The molecule has 15 heavy (non-hydrogen) atoms. The quantitative estimate of drug-likeness (QED) is 0.711. The highest BCUT2D eigenvalue weighted by Crippen LogP contribution is 2.37. The normalized spacial score (nSPS) is 27.5. The van der Waals surface area contributed by atoms with Gasteiger partial charge in [-0.3, -0.25) is 4.90 Å². The van der Waals surface area contributed by atoms with Gasteiger partial charge in [0.05, 0.1) is 0 Å². The summed E-state index contributed by atoms with van der Waals surface area (Å²) < 4.78 is 0. The van der Waals surface area contributed by atoms with Gasteiger partial charge < -0.3 is 0 Å². The van der Waals surface area contributed by atoms with Gasteiger partial charge in [0.15, 0.2) is 0 Å². The molecule has 1 saturated heterocycles. The highest BCUT2D eigenvalue weighted by molar-refractivity contribution is 5.20. The van der Waals surface area contributed by atoms with E-state index in [0.717, 1.165) is 12.0 Å². The molecule has 1 aliphatic rings. The standard InChI is InChI=1S/C14H21N/c1-11(2)13-9-10-14(15(13)3)12-7-5-4-6-8-12/h4-8,11,13-14H,9-10H2,1-3H3/t13-,14?/m0/s1. The summed E-state index contributed by atoms with van der Waals surface area (Å²) in [7, 11) is 2.27. The molecule has 1 aromatic rings. The number of benzene rings is 1. The lowest BCUT2D eigenvalue weighted by atomic mass is 10.0. The number of likely N-dealkylation sites (tertiary alicyclic amines) is 1. The van der Waals surface area contributed by atoms with Gasteiger partial charge in [-0.05, 0) is 31.4 Å². The van der Waals surface area contributed by atoms with Crippen molar-refractivity contribution in [2.45, 2.75) is 38.8 Å². The predicted octanol–water partition coefficient (Wildman–Crippen LogP) is 3.48. The summed E-state index contributed by atoms with van der Waals surface area (Å²) in [6.07, 6.45) is 2.65. The third-order valence-electron chi connectivity index (χ3n) is 3.70. The van der Waals surface area contributed by atoms with Crippen LogP contribution in [0.15, 0.2) is 30.3 Å². The van der Waals surface area contributed by atoms with Gasteiger partial charge in [-0.2, -0.15) is 0 Å². The zero-order chi connectivity index (χ0) is 10.8. The van der Waals surface area contributed by atoms with Crippen molar-refractivity contribution in [3.63, 3.8) is 0 Å². The zero-order valence-electron chi connectivity index (χ0n) is 9.98. The Bertz CT molecular complexity index is 304. The topological polar surface area (TPSA) is 3.24 Å². The van der Waals surface area contributed by atoms with Gasteiger partial charge in [-0.25, -0.2) is 0 Å². The first kappa shape index (κ1) is 10.7. The number of rotatable bonds is 2. The van der Waals surface area contributed by atoms with E-state index in [-0.39, 0.29) is 0 Å². The fourth-order valence-electron chi connectivity index (χ4n) is 2.85. The molecule has 1 heteroatoms. The van der Waals surface area contributed by atoms with Gasteiger partial charge in [0.2, 0.25) is 0 Å². The molecule has 1 nitrogen and oxygen atoms in total. The Morgan fingerprint density at radius 3 is 2.33 bits per heavy atom.